The number of nitrogens with zero attached hydrogens (tertiary/aromatic N) is 1. The first kappa shape index (κ1) is 17.5. The predicted octanol–water partition coefficient (Wildman–Crippen LogP) is 3.72. The predicted molar refractivity (Wildman–Crippen MR) is 102 cm³/mol. The van der Waals surface area contributed by atoms with Gasteiger partial charge in [0.05, 0.1) is 29.5 Å². The number of methoxy groups -OCH3 is 1. The van der Waals surface area contributed by atoms with Gasteiger partial charge >= 0.3 is 5.97 Å². The third kappa shape index (κ3) is 2.91. The summed E-state index contributed by atoms with van der Waals surface area (Å²) in [5.41, 5.74) is 1.14. The van der Waals surface area contributed by atoms with Crippen LogP contribution in [0.2, 0.25) is 0 Å². The summed E-state index contributed by atoms with van der Waals surface area (Å²) in [5, 5.41) is 0. The molecule has 2 amide bonds. The van der Waals surface area contributed by atoms with Crippen LogP contribution in [0.5, 0.6) is 11.5 Å². The van der Waals surface area contributed by atoms with Crippen molar-refractivity contribution in [3.05, 3.63) is 89.5 Å². The molecule has 3 aromatic carbocycles. The molecule has 0 radical (unpaired) electrons. The number of benzene rings is 3. The molecule has 0 aliphatic carbocycles. The number of rotatable bonds is 4. The van der Waals surface area contributed by atoms with Gasteiger partial charge in [-0.2, -0.15) is 0 Å². The molecular weight excluding hydrogens is 358 g/mol. The number of para-hydroxylation sites is 2. The normalized spacial score (nSPS) is 12.7. The minimum atomic E-state index is -0.622. The van der Waals surface area contributed by atoms with Gasteiger partial charge < -0.3 is 9.47 Å². The summed E-state index contributed by atoms with van der Waals surface area (Å²) in [4.78, 5) is 39.1. The van der Waals surface area contributed by atoms with E-state index in [0.29, 0.717) is 16.9 Å². The fourth-order valence-electron chi connectivity index (χ4n) is 3.05. The molecule has 6 nitrogen and oxygen atoms in total. The zero-order valence-corrected chi connectivity index (χ0v) is 14.9. The van der Waals surface area contributed by atoms with E-state index in [4.69, 9.17) is 9.47 Å². The molecule has 0 saturated heterocycles. The van der Waals surface area contributed by atoms with Crippen LogP contribution in [0.1, 0.15) is 31.1 Å². The Morgan fingerprint density at radius 1 is 0.821 bits per heavy atom. The van der Waals surface area contributed by atoms with Crippen LogP contribution in [0, 0.1) is 0 Å². The van der Waals surface area contributed by atoms with Crippen LogP contribution in [0.15, 0.2) is 72.8 Å². The third-order valence-corrected chi connectivity index (χ3v) is 4.41. The maximum atomic E-state index is 12.7. The minimum Gasteiger partial charge on any atom is -0.497 e. The second-order valence-corrected chi connectivity index (χ2v) is 6.08. The molecular formula is C22H15NO5. The van der Waals surface area contributed by atoms with Crippen LogP contribution in [-0.2, 0) is 0 Å². The number of carbonyl (C=O) groups is 3. The summed E-state index contributed by atoms with van der Waals surface area (Å²) in [5.74, 6) is -0.896. The highest BCUT2D eigenvalue weighted by Crippen LogP contribution is 2.35. The molecule has 1 aliphatic heterocycles. The third-order valence-electron chi connectivity index (χ3n) is 4.41. The summed E-state index contributed by atoms with van der Waals surface area (Å²) in [6.45, 7) is 0. The maximum absolute atomic E-state index is 12.7. The zero-order chi connectivity index (χ0) is 19.7. The van der Waals surface area contributed by atoms with Gasteiger partial charge in [0.25, 0.3) is 11.8 Å². The second-order valence-electron chi connectivity index (χ2n) is 6.08. The number of fused-ring (bicyclic) bond motifs is 1. The van der Waals surface area contributed by atoms with E-state index in [1.807, 2.05) is 0 Å². The van der Waals surface area contributed by atoms with Crippen molar-refractivity contribution in [2.75, 3.05) is 12.0 Å². The van der Waals surface area contributed by atoms with Gasteiger partial charge in [-0.05, 0) is 42.5 Å². The van der Waals surface area contributed by atoms with Crippen molar-refractivity contribution in [2.24, 2.45) is 0 Å². The Morgan fingerprint density at radius 2 is 1.46 bits per heavy atom. The van der Waals surface area contributed by atoms with E-state index in [-0.39, 0.29) is 17.0 Å². The van der Waals surface area contributed by atoms with Crippen LogP contribution in [0.4, 0.5) is 5.69 Å². The molecule has 3 aromatic rings. The van der Waals surface area contributed by atoms with Crippen molar-refractivity contribution in [2.45, 2.75) is 0 Å². The highest BCUT2D eigenvalue weighted by Gasteiger charge is 2.37. The molecule has 0 saturated carbocycles. The standard InChI is InChI=1S/C22H15NO5/c1-27-15-8-6-7-14(13-15)22(26)28-19-12-5-4-11-18(19)23-20(24)16-9-2-3-10-17(16)21(23)25/h2-13H,1H3. The molecule has 0 N–H and O–H groups in total. The van der Waals surface area contributed by atoms with E-state index >= 15 is 0 Å². The van der Waals surface area contributed by atoms with Crippen LogP contribution < -0.4 is 14.4 Å². The van der Waals surface area contributed by atoms with Gasteiger partial charge in [-0.3, -0.25) is 9.59 Å². The molecule has 0 spiro atoms. The average Bonchev–Trinajstić information content (AvgIpc) is 2.99. The first-order valence-electron chi connectivity index (χ1n) is 8.53. The minimum absolute atomic E-state index is 0.116. The molecule has 1 aliphatic rings. The lowest BCUT2D eigenvalue weighted by Crippen LogP contribution is -2.30. The van der Waals surface area contributed by atoms with Gasteiger partial charge in [-0.25, -0.2) is 9.69 Å². The van der Waals surface area contributed by atoms with Crippen molar-refractivity contribution in [1.29, 1.82) is 0 Å². The smallest absolute Gasteiger partial charge is 0.343 e. The largest absolute Gasteiger partial charge is 0.497 e. The summed E-state index contributed by atoms with van der Waals surface area (Å²) in [7, 11) is 1.50. The number of amides is 2. The Hall–Kier alpha value is -3.93. The lowest BCUT2D eigenvalue weighted by Gasteiger charge is -2.17. The highest BCUT2D eigenvalue weighted by atomic mass is 16.5. The van der Waals surface area contributed by atoms with E-state index in [1.54, 1.807) is 66.7 Å². The van der Waals surface area contributed by atoms with E-state index in [9.17, 15) is 14.4 Å². The SMILES string of the molecule is COc1cccc(C(=O)Oc2ccccc2N2C(=O)c3ccccc3C2=O)c1. The first-order chi connectivity index (χ1) is 13.6. The van der Waals surface area contributed by atoms with Crippen LogP contribution in [-0.4, -0.2) is 24.9 Å². The highest BCUT2D eigenvalue weighted by molar-refractivity contribution is 6.34. The van der Waals surface area contributed by atoms with Gasteiger partial charge in [-0.15, -0.1) is 0 Å². The van der Waals surface area contributed by atoms with E-state index in [1.165, 1.54) is 13.2 Å². The number of hydrogen-bond acceptors (Lipinski definition) is 5. The fourth-order valence-corrected chi connectivity index (χ4v) is 3.05. The maximum Gasteiger partial charge on any atom is 0.343 e. The van der Waals surface area contributed by atoms with Gasteiger partial charge in [0.2, 0.25) is 0 Å². The Labute approximate surface area is 160 Å². The van der Waals surface area contributed by atoms with Gasteiger partial charge in [0, 0.05) is 0 Å². The summed E-state index contributed by atoms with van der Waals surface area (Å²) < 4.78 is 10.6. The molecule has 0 bridgehead atoms. The Bertz CT molecular complexity index is 1070. The van der Waals surface area contributed by atoms with Crippen LogP contribution >= 0.6 is 0 Å². The molecule has 6 heteroatoms. The average molecular weight is 373 g/mol. The Balaban J connectivity index is 1.68. The van der Waals surface area contributed by atoms with Crippen molar-refractivity contribution < 1.29 is 23.9 Å². The molecule has 0 fully saturated rings. The lowest BCUT2D eigenvalue weighted by atomic mass is 10.1. The van der Waals surface area contributed by atoms with Crippen molar-refractivity contribution in [3.63, 3.8) is 0 Å². The molecule has 28 heavy (non-hydrogen) atoms. The van der Waals surface area contributed by atoms with Crippen molar-refractivity contribution >= 4 is 23.5 Å². The summed E-state index contributed by atoms with van der Waals surface area (Å²) in [6, 6.07) is 19.5. The molecule has 0 aromatic heterocycles. The lowest BCUT2D eigenvalue weighted by molar-refractivity contribution is 0.0731. The Kier molecular flexibility index (Phi) is 4.37. The van der Waals surface area contributed by atoms with Crippen LogP contribution in [0.3, 0.4) is 0 Å². The monoisotopic (exact) mass is 373 g/mol. The Morgan fingerprint density at radius 3 is 2.14 bits per heavy atom. The van der Waals surface area contributed by atoms with Crippen LogP contribution in [0.25, 0.3) is 0 Å². The van der Waals surface area contributed by atoms with Gasteiger partial charge in [-0.1, -0.05) is 30.3 Å². The number of hydrogen-bond donors (Lipinski definition) is 0. The number of anilines is 1. The molecule has 0 atom stereocenters. The first-order valence-corrected chi connectivity index (χ1v) is 8.53. The van der Waals surface area contributed by atoms with Crippen molar-refractivity contribution in [3.8, 4) is 11.5 Å². The fraction of sp³-hybridized carbons (Fsp3) is 0.0455. The quantitative estimate of drug-likeness (QED) is 0.396. The second kappa shape index (κ2) is 7.00. The molecule has 0 unspecified atom stereocenters. The molecule has 4 rings (SSSR count). The van der Waals surface area contributed by atoms with E-state index < -0.39 is 17.8 Å². The number of imide groups is 1. The van der Waals surface area contributed by atoms with E-state index in [0.717, 1.165) is 4.90 Å². The molecule has 138 valence electrons. The summed E-state index contributed by atoms with van der Waals surface area (Å²) in [6.07, 6.45) is 0. The molecule has 1 heterocycles. The topological polar surface area (TPSA) is 72.9 Å². The number of carbonyl (C=O) groups excluding carboxylic acids is 3. The van der Waals surface area contributed by atoms with Gasteiger partial charge in [0.15, 0.2) is 5.75 Å². The number of esters is 1. The van der Waals surface area contributed by atoms with E-state index in [2.05, 4.69) is 0 Å². The zero-order valence-electron chi connectivity index (χ0n) is 14.9. The summed E-state index contributed by atoms with van der Waals surface area (Å²) >= 11 is 0. The number of ether oxygens (including phenoxy) is 2. The van der Waals surface area contributed by atoms with Crippen molar-refractivity contribution in [1.82, 2.24) is 0 Å². The van der Waals surface area contributed by atoms with Gasteiger partial charge in [0.1, 0.15) is 5.75 Å².